The topological polar surface area (TPSA) is 81.7 Å². The smallest absolute Gasteiger partial charge is 0.348 e. The van der Waals surface area contributed by atoms with Crippen LogP contribution in [0.3, 0.4) is 0 Å². The van der Waals surface area contributed by atoms with E-state index in [4.69, 9.17) is 9.47 Å². The van der Waals surface area contributed by atoms with Gasteiger partial charge in [0.15, 0.2) is 11.6 Å². The number of thiophene rings is 1. The largest absolute Gasteiger partial charge is 0.462 e. The Kier molecular flexibility index (Phi) is 7.44. The van der Waals surface area contributed by atoms with Gasteiger partial charge in [0.2, 0.25) is 0 Å². The number of hydrogen-bond donors (Lipinski definition) is 1. The summed E-state index contributed by atoms with van der Waals surface area (Å²) < 4.78 is 36.8. The number of hydrogen-bond acceptors (Lipinski definition) is 6. The van der Waals surface area contributed by atoms with Gasteiger partial charge in [0.25, 0.3) is 5.91 Å². The molecule has 0 saturated carbocycles. The van der Waals surface area contributed by atoms with Crippen molar-refractivity contribution in [3.05, 3.63) is 51.4 Å². The molecule has 0 bridgehead atoms. The summed E-state index contributed by atoms with van der Waals surface area (Å²) in [5, 5.41) is 2.54. The highest BCUT2D eigenvalue weighted by atomic mass is 32.1. The summed E-state index contributed by atoms with van der Waals surface area (Å²) in [6, 6.07) is 2.67. The molecule has 0 saturated heterocycles. The van der Waals surface area contributed by atoms with Gasteiger partial charge in [-0.3, -0.25) is 4.79 Å². The van der Waals surface area contributed by atoms with Crippen LogP contribution in [0.5, 0.6) is 0 Å². The lowest BCUT2D eigenvalue weighted by molar-refractivity contribution is 0.0464. The zero-order chi connectivity index (χ0) is 21.7. The van der Waals surface area contributed by atoms with E-state index in [2.05, 4.69) is 5.32 Å². The van der Waals surface area contributed by atoms with Crippen molar-refractivity contribution in [2.24, 2.45) is 5.92 Å². The molecule has 156 valence electrons. The Bertz CT molecular complexity index is 939. The van der Waals surface area contributed by atoms with Crippen molar-refractivity contribution in [3.8, 4) is 0 Å². The quantitative estimate of drug-likeness (QED) is 0.657. The fourth-order valence-electron chi connectivity index (χ4n) is 2.37. The third-order valence-electron chi connectivity index (χ3n) is 3.77. The Labute approximate surface area is 170 Å². The lowest BCUT2D eigenvalue weighted by Crippen LogP contribution is -2.15. The fraction of sp³-hybridized carbons (Fsp3) is 0.350. The maximum atomic E-state index is 13.4. The van der Waals surface area contributed by atoms with Gasteiger partial charge in [-0.2, -0.15) is 0 Å². The Morgan fingerprint density at radius 2 is 1.79 bits per heavy atom. The van der Waals surface area contributed by atoms with E-state index in [1.807, 2.05) is 13.8 Å². The van der Waals surface area contributed by atoms with Gasteiger partial charge in [0, 0.05) is 5.56 Å². The first-order valence-electron chi connectivity index (χ1n) is 8.89. The zero-order valence-electron chi connectivity index (χ0n) is 16.4. The van der Waals surface area contributed by atoms with Crippen LogP contribution in [0.1, 0.15) is 56.7 Å². The highest BCUT2D eigenvalue weighted by molar-refractivity contribution is 7.18. The van der Waals surface area contributed by atoms with Crippen LogP contribution in [0, 0.1) is 24.5 Å². The Morgan fingerprint density at radius 1 is 1.10 bits per heavy atom. The highest BCUT2D eigenvalue weighted by Gasteiger charge is 2.28. The summed E-state index contributed by atoms with van der Waals surface area (Å²) in [4.78, 5) is 37.4. The normalized spacial score (nSPS) is 10.7. The molecule has 0 radical (unpaired) electrons. The average molecular weight is 425 g/mol. The molecule has 1 aromatic carbocycles. The van der Waals surface area contributed by atoms with Gasteiger partial charge in [-0.05, 0) is 43.5 Å². The van der Waals surface area contributed by atoms with Crippen molar-refractivity contribution in [2.45, 2.75) is 27.7 Å². The maximum absolute atomic E-state index is 13.4. The second-order valence-electron chi connectivity index (χ2n) is 6.56. The van der Waals surface area contributed by atoms with Crippen molar-refractivity contribution < 1.29 is 32.6 Å². The number of anilines is 1. The predicted molar refractivity (Wildman–Crippen MR) is 104 cm³/mol. The summed E-state index contributed by atoms with van der Waals surface area (Å²) in [5.41, 5.74) is 0.181. The summed E-state index contributed by atoms with van der Waals surface area (Å²) in [6.45, 7) is 7.22. The molecule has 29 heavy (non-hydrogen) atoms. The lowest BCUT2D eigenvalue weighted by Gasteiger charge is -2.07. The van der Waals surface area contributed by atoms with Gasteiger partial charge in [0.1, 0.15) is 9.88 Å². The fourth-order valence-corrected chi connectivity index (χ4v) is 3.45. The Morgan fingerprint density at radius 3 is 2.38 bits per heavy atom. The molecule has 1 aromatic heterocycles. The van der Waals surface area contributed by atoms with Gasteiger partial charge < -0.3 is 14.8 Å². The Balaban J connectivity index is 2.39. The second-order valence-corrected chi connectivity index (χ2v) is 7.58. The monoisotopic (exact) mass is 425 g/mol. The molecule has 0 aliphatic heterocycles. The first-order valence-corrected chi connectivity index (χ1v) is 9.71. The summed E-state index contributed by atoms with van der Waals surface area (Å²) in [7, 11) is 0. The number of ether oxygens (including phenoxy) is 2. The molecule has 0 spiro atoms. The van der Waals surface area contributed by atoms with Gasteiger partial charge in [-0.25, -0.2) is 18.4 Å². The first kappa shape index (κ1) is 22.5. The molecule has 0 aliphatic carbocycles. The van der Waals surface area contributed by atoms with E-state index in [0.29, 0.717) is 5.56 Å². The molecule has 2 aromatic rings. The van der Waals surface area contributed by atoms with Gasteiger partial charge in [0.05, 0.1) is 18.8 Å². The molecule has 0 atom stereocenters. The average Bonchev–Trinajstić information content (AvgIpc) is 2.98. The molecular formula is C20H21F2NO5S. The van der Waals surface area contributed by atoms with E-state index >= 15 is 0 Å². The van der Waals surface area contributed by atoms with Crippen LogP contribution in [0.15, 0.2) is 18.2 Å². The van der Waals surface area contributed by atoms with E-state index < -0.39 is 29.5 Å². The van der Waals surface area contributed by atoms with Crippen molar-refractivity contribution in [1.29, 1.82) is 0 Å². The molecule has 1 heterocycles. The lowest BCUT2D eigenvalue weighted by atomic mass is 10.1. The molecule has 2 rings (SSSR count). The van der Waals surface area contributed by atoms with Crippen molar-refractivity contribution in [3.63, 3.8) is 0 Å². The van der Waals surface area contributed by atoms with Crippen molar-refractivity contribution in [1.82, 2.24) is 0 Å². The molecule has 1 N–H and O–H groups in total. The highest BCUT2D eigenvalue weighted by Crippen LogP contribution is 2.34. The summed E-state index contributed by atoms with van der Waals surface area (Å²) in [6.07, 6.45) is 0. The van der Waals surface area contributed by atoms with Crippen LogP contribution in [0.4, 0.5) is 13.8 Å². The number of rotatable bonds is 7. The van der Waals surface area contributed by atoms with E-state index in [9.17, 15) is 23.2 Å². The number of halogens is 2. The third-order valence-corrected chi connectivity index (χ3v) is 4.96. The van der Waals surface area contributed by atoms with E-state index in [0.717, 1.165) is 29.5 Å². The first-order chi connectivity index (χ1) is 13.6. The van der Waals surface area contributed by atoms with Gasteiger partial charge >= 0.3 is 11.9 Å². The molecule has 0 unspecified atom stereocenters. The van der Waals surface area contributed by atoms with Crippen molar-refractivity contribution in [2.75, 3.05) is 18.5 Å². The van der Waals surface area contributed by atoms with Gasteiger partial charge in [-0.15, -0.1) is 11.3 Å². The summed E-state index contributed by atoms with van der Waals surface area (Å²) >= 11 is 0.855. The van der Waals surface area contributed by atoms with Crippen molar-refractivity contribution >= 4 is 34.2 Å². The number of benzene rings is 1. The minimum Gasteiger partial charge on any atom is -0.462 e. The minimum atomic E-state index is -1.18. The van der Waals surface area contributed by atoms with E-state index in [1.54, 1.807) is 13.8 Å². The Hall–Kier alpha value is -2.81. The molecular weight excluding hydrogens is 404 g/mol. The SMILES string of the molecule is CCOC(=O)c1c(NC(=O)c2ccc(F)c(F)c2)sc(C(=O)OCC(C)C)c1C. The second kappa shape index (κ2) is 9.60. The number of carbonyl (C=O) groups is 3. The predicted octanol–water partition coefficient (Wildman–Crippen LogP) is 4.58. The van der Waals surface area contributed by atoms with Crippen LogP contribution in [0.25, 0.3) is 0 Å². The molecule has 9 heteroatoms. The number of nitrogens with one attached hydrogen (secondary N) is 1. The van der Waals surface area contributed by atoms with Crippen LogP contribution in [0.2, 0.25) is 0 Å². The number of carbonyl (C=O) groups excluding carboxylic acids is 3. The van der Waals surface area contributed by atoms with E-state index in [1.165, 1.54) is 0 Å². The third kappa shape index (κ3) is 5.38. The zero-order valence-corrected chi connectivity index (χ0v) is 17.2. The van der Waals surface area contributed by atoms with Crippen LogP contribution >= 0.6 is 11.3 Å². The van der Waals surface area contributed by atoms with Crippen LogP contribution in [-0.4, -0.2) is 31.1 Å². The number of amides is 1. The molecule has 0 aliphatic rings. The maximum Gasteiger partial charge on any atom is 0.348 e. The molecule has 0 fully saturated rings. The molecule has 1 amide bonds. The standard InChI is InChI=1S/C20H21F2NO5S/c1-5-27-19(25)15-11(4)16(20(26)28-9-10(2)3)29-18(15)23-17(24)12-6-7-13(21)14(22)8-12/h6-8,10H,5,9H2,1-4H3,(H,23,24). The number of esters is 2. The van der Waals surface area contributed by atoms with Crippen LogP contribution < -0.4 is 5.32 Å². The van der Waals surface area contributed by atoms with Crippen LogP contribution in [-0.2, 0) is 9.47 Å². The summed E-state index contributed by atoms with van der Waals surface area (Å²) in [5.74, 6) is -4.25. The van der Waals surface area contributed by atoms with E-state index in [-0.39, 0.29) is 40.1 Å². The van der Waals surface area contributed by atoms with Gasteiger partial charge in [-0.1, -0.05) is 13.8 Å². The molecule has 6 nitrogen and oxygen atoms in total. The minimum absolute atomic E-state index is 0.0179.